The van der Waals surface area contributed by atoms with Gasteiger partial charge in [0.2, 0.25) is 0 Å². The highest BCUT2D eigenvalue weighted by molar-refractivity contribution is 6.31. The predicted octanol–water partition coefficient (Wildman–Crippen LogP) is 4.95. The summed E-state index contributed by atoms with van der Waals surface area (Å²) in [6, 6.07) is 6.28. The van der Waals surface area contributed by atoms with Crippen molar-refractivity contribution >= 4 is 11.6 Å². The summed E-state index contributed by atoms with van der Waals surface area (Å²) >= 11 is 6.19. The molecule has 16 heavy (non-hydrogen) atoms. The Balaban J connectivity index is 2.01. The summed E-state index contributed by atoms with van der Waals surface area (Å²) in [5.41, 5.74) is 4.37. The van der Waals surface area contributed by atoms with E-state index in [4.69, 9.17) is 11.6 Å². The molecule has 1 aromatic carbocycles. The zero-order chi connectivity index (χ0) is 11.4. The van der Waals surface area contributed by atoms with Gasteiger partial charge in [0.1, 0.15) is 0 Å². The molecule has 0 saturated heterocycles. The average Bonchev–Trinajstić information content (AvgIpc) is 2.30. The maximum atomic E-state index is 6.19. The van der Waals surface area contributed by atoms with Gasteiger partial charge in [0.05, 0.1) is 0 Å². The Morgan fingerprint density at radius 1 is 1.25 bits per heavy atom. The topological polar surface area (TPSA) is 0 Å². The molecule has 86 valence electrons. The van der Waals surface area contributed by atoms with Crippen molar-refractivity contribution in [2.45, 2.75) is 45.4 Å². The lowest BCUT2D eigenvalue weighted by Gasteiger charge is -2.18. The van der Waals surface area contributed by atoms with Gasteiger partial charge in [0.25, 0.3) is 0 Å². The monoisotopic (exact) mass is 234 g/mol. The molecular weight excluding hydrogens is 216 g/mol. The van der Waals surface area contributed by atoms with Crippen LogP contribution in [0.3, 0.4) is 0 Å². The summed E-state index contributed by atoms with van der Waals surface area (Å²) in [7, 11) is 0. The minimum absolute atomic E-state index is 0.932. The van der Waals surface area contributed by atoms with Crippen LogP contribution in [0.25, 0.3) is 0 Å². The molecule has 0 unspecified atom stereocenters. The molecule has 0 saturated carbocycles. The standard InChI is InChI=1S/C15H19Cl/c1-2-3-4-6-12-9-10-14-13(11-12)7-5-8-15(14)16/h5,7-9H,2-4,6,10-11H2,1H3. The van der Waals surface area contributed by atoms with Gasteiger partial charge in [-0.15, -0.1) is 0 Å². The van der Waals surface area contributed by atoms with Crippen LogP contribution in [0.15, 0.2) is 29.8 Å². The zero-order valence-corrected chi connectivity index (χ0v) is 10.7. The molecular formula is C15H19Cl. The molecule has 0 fully saturated rings. The summed E-state index contributed by atoms with van der Waals surface area (Å²) < 4.78 is 0. The van der Waals surface area contributed by atoms with Crippen molar-refractivity contribution in [3.63, 3.8) is 0 Å². The van der Waals surface area contributed by atoms with Crippen LogP contribution >= 0.6 is 11.6 Å². The van der Waals surface area contributed by atoms with Crippen LogP contribution in [0.5, 0.6) is 0 Å². The summed E-state index contributed by atoms with van der Waals surface area (Å²) in [5.74, 6) is 0. The molecule has 0 aliphatic heterocycles. The Kier molecular flexibility index (Phi) is 4.06. The third-order valence-electron chi connectivity index (χ3n) is 3.33. The van der Waals surface area contributed by atoms with Gasteiger partial charge >= 0.3 is 0 Å². The molecule has 0 atom stereocenters. The van der Waals surface area contributed by atoms with E-state index in [2.05, 4.69) is 25.1 Å². The van der Waals surface area contributed by atoms with Crippen LogP contribution in [0.4, 0.5) is 0 Å². The van der Waals surface area contributed by atoms with Crippen LogP contribution in [0.2, 0.25) is 5.02 Å². The fraction of sp³-hybridized carbons (Fsp3) is 0.467. The zero-order valence-electron chi connectivity index (χ0n) is 9.93. The number of allylic oxidation sites excluding steroid dienone is 2. The summed E-state index contributed by atoms with van der Waals surface area (Å²) in [6.45, 7) is 2.25. The summed E-state index contributed by atoms with van der Waals surface area (Å²) in [6.07, 6.45) is 9.76. The van der Waals surface area contributed by atoms with Gasteiger partial charge in [-0.3, -0.25) is 0 Å². The van der Waals surface area contributed by atoms with E-state index in [1.54, 1.807) is 5.57 Å². The van der Waals surface area contributed by atoms with Crippen LogP contribution in [-0.4, -0.2) is 0 Å². The Bertz CT molecular complexity index is 390. The third-order valence-corrected chi connectivity index (χ3v) is 3.68. The van der Waals surface area contributed by atoms with Crippen molar-refractivity contribution in [3.8, 4) is 0 Å². The van der Waals surface area contributed by atoms with Crippen molar-refractivity contribution in [1.29, 1.82) is 0 Å². The Hall–Kier alpha value is -0.750. The molecule has 1 aromatic rings. The minimum atomic E-state index is 0.932. The summed E-state index contributed by atoms with van der Waals surface area (Å²) in [4.78, 5) is 0. The first kappa shape index (κ1) is 11.7. The van der Waals surface area contributed by atoms with Gasteiger partial charge in [-0.2, -0.15) is 0 Å². The molecule has 0 heterocycles. The molecule has 0 radical (unpaired) electrons. The lowest BCUT2D eigenvalue weighted by Crippen LogP contribution is -2.03. The highest BCUT2D eigenvalue weighted by Crippen LogP contribution is 2.29. The smallest absolute Gasteiger partial charge is 0.0444 e. The van der Waals surface area contributed by atoms with Gasteiger partial charge < -0.3 is 0 Å². The fourth-order valence-corrected chi connectivity index (χ4v) is 2.62. The normalized spacial score (nSPS) is 14.5. The fourth-order valence-electron chi connectivity index (χ4n) is 2.35. The average molecular weight is 235 g/mol. The van der Waals surface area contributed by atoms with E-state index < -0.39 is 0 Å². The highest BCUT2D eigenvalue weighted by atomic mass is 35.5. The molecule has 0 bridgehead atoms. The van der Waals surface area contributed by atoms with Crippen molar-refractivity contribution in [3.05, 3.63) is 46.0 Å². The lowest BCUT2D eigenvalue weighted by atomic mass is 9.89. The molecule has 0 nitrogen and oxygen atoms in total. The van der Waals surface area contributed by atoms with Gasteiger partial charge in [-0.05, 0) is 42.9 Å². The first-order valence-electron chi connectivity index (χ1n) is 6.25. The first-order chi connectivity index (χ1) is 7.81. The maximum Gasteiger partial charge on any atom is 0.0444 e. The van der Waals surface area contributed by atoms with E-state index in [-0.39, 0.29) is 0 Å². The van der Waals surface area contributed by atoms with E-state index in [1.807, 2.05) is 6.07 Å². The van der Waals surface area contributed by atoms with E-state index in [0.717, 1.165) is 17.9 Å². The van der Waals surface area contributed by atoms with Gasteiger partial charge in [-0.25, -0.2) is 0 Å². The SMILES string of the molecule is CCCCCC1=CCc2c(Cl)cccc2C1. The van der Waals surface area contributed by atoms with Gasteiger partial charge in [-0.1, -0.05) is 55.1 Å². The van der Waals surface area contributed by atoms with Crippen molar-refractivity contribution in [2.75, 3.05) is 0 Å². The number of benzene rings is 1. The molecule has 1 aliphatic carbocycles. The number of fused-ring (bicyclic) bond motifs is 1. The quantitative estimate of drug-likeness (QED) is 0.511. The second-order valence-corrected chi connectivity index (χ2v) is 4.99. The molecule has 0 N–H and O–H groups in total. The highest BCUT2D eigenvalue weighted by Gasteiger charge is 2.12. The van der Waals surface area contributed by atoms with E-state index in [0.29, 0.717) is 0 Å². The molecule has 1 aliphatic rings. The van der Waals surface area contributed by atoms with Crippen LogP contribution in [0, 0.1) is 0 Å². The van der Waals surface area contributed by atoms with E-state index >= 15 is 0 Å². The predicted molar refractivity (Wildman–Crippen MR) is 71.1 cm³/mol. The Morgan fingerprint density at radius 3 is 2.94 bits per heavy atom. The molecule has 0 spiro atoms. The molecule has 2 rings (SSSR count). The van der Waals surface area contributed by atoms with E-state index in [1.165, 1.54) is 36.8 Å². The largest absolute Gasteiger partial charge is 0.0840 e. The van der Waals surface area contributed by atoms with Crippen molar-refractivity contribution in [1.82, 2.24) is 0 Å². The second-order valence-electron chi connectivity index (χ2n) is 4.58. The maximum absolute atomic E-state index is 6.19. The van der Waals surface area contributed by atoms with Crippen molar-refractivity contribution < 1.29 is 0 Å². The number of hydrogen-bond acceptors (Lipinski definition) is 0. The molecule has 0 amide bonds. The number of rotatable bonds is 4. The first-order valence-corrected chi connectivity index (χ1v) is 6.63. The second kappa shape index (κ2) is 5.54. The summed E-state index contributed by atoms with van der Waals surface area (Å²) in [5, 5.41) is 0.932. The molecule has 0 aromatic heterocycles. The Morgan fingerprint density at radius 2 is 2.12 bits per heavy atom. The third kappa shape index (κ3) is 2.68. The van der Waals surface area contributed by atoms with Crippen LogP contribution in [0.1, 0.15) is 43.7 Å². The number of unbranched alkanes of at least 4 members (excludes halogenated alkanes) is 2. The van der Waals surface area contributed by atoms with Crippen molar-refractivity contribution in [2.24, 2.45) is 0 Å². The van der Waals surface area contributed by atoms with Gasteiger partial charge in [0.15, 0.2) is 0 Å². The molecule has 1 heteroatoms. The number of hydrogen-bond donors (Lipinski definition) is 0. The minimum Gasteiger partial charge on any atom is -0.0840 e. The Labute approximate surface area is 103 Å². The van der Waals surface area contributed by atoms with Crippen LogP contribution < -0.4 is 0 Å². The van der Waals surface area contributed by atoms with E-state index in [9.17, 15) is 0 Å². The van der Waals surface area contributed by atoms with Gasteiger partial charge in [0, 0.05) is 5.02 Å². The number of halogens is 1. The van der Waals surface area contributed by atoms with Crippen LogP contribution in [-0.2, 0) is 12.8 Å². The lowest BCUT2D eigenvalue weighted by molar-refractivity contribution is 0.700.